The summed E-state index contributed by atoms with van der Waals surface area (Å²) in [5, 5.41) is 2.26. The second-order valence-corrected chi connectivity index (χ2v) is 12.3. The number of nitrogens with zero attached hydrogens (tertiary/aromatic N) is 6. The van der Waals surface area contributed by atoms with E-state index in [0.717, 1.165) is 64.4 Å². The van der Waals surface area contributed by atoms with Crippen LogP contribution in [0.3, 0.4) is 0 Å². The van der Waals surface area contributed by atoms with Crippen molar-refractivity contribution < 1.29 is 23.7 Å². The van der Waals surface area contributed by atoms with Crippen LogP contribution in [-0.2, 0) is 29.0 Å². The SMILES string of the molecule is COCOc1cc(N2CCc3c(nc(O[C@H](C)CN(C)C)nc3N3CCN(C(=O)OCc4ccccc4)CC3)C2)c2ccccc2c1. The third-order valence-corrected chi connectivity index (χ3v) is 8.49. The summed E-state index contributed by atoms with van der Waals surface area (Å²) in [6.07, 6.45) is 0.388. The maximum atomic E-state index is 12.9. The molecule has 0 saturated carbocycles. The average molecular weight is 641 g/mol. The van der Waals surface area contributed by atoms with Gasteiger partial charge in [0.05, 0.1) is 12.2 Å². The molecule has 3 aromatic carbocycles. The molecule has 2 aliphatic rings. The lowest BCUT2D eigenvalue weighted by atomic mass is 10.0. The maximum Gasteiger partial charge on any atom is 0.410 e. The Bertz CT molecular complexity index is 1660. The van der Waals surface area contributed by atoms with Crippen molar-refractivity contribution in [3.8, 4) is 11.8 Å². The molecule has 3 heterocycles. The average Bonchev–Trinajstić information content (AvgIpc) is 3.09. The number of likely N-dealkylation sites (N-methyl/N-ethyl adjacent to an activating group) is 1. The number of benzene rings is 3. The Kier molecular flexibility index (Phi) is 10.2. The van der Waals surface area contributed by atoms with Crippen molar-refractivity contribution in [2.24, 2.45) is 0 Å². The molecule has 0 unspecified atom stereocenters. The van der Waals surface area contributed by atoms with Crippen LogP contribution in [0.1, 0.15) is 23.7 Å². The van der Waals surface area contributed by atoms with E-state index >= 15 is 0 Å². The Morgan fingerprint density at radius 1 is 0.936 bits per heavy atom. The first-order valence-electron chi connectivity index (χ1n) is 16.2. The van der Waals surface area contributed by atoms with E-state index in [1.807, 2.05) is 63.5 Å². The highest BCUT2D eigenvalue weighted by Gasteiger charge is 2.30. The lowest BCUT2D eigenvalue weighted by Gasteiger charge is -2.38. The fourth-order valence-electron chi connectivity index (χ4n) is 6.29. The number of hydrogen-bond acceptors (Lipinski definition) is 10. The number of amides is 1. The highest BCUT2D eigenvalue weighted by Crippen LogP contribution is 2.37. The molecule has 6 rings (SSSR count). The zero-order valence-corrected chi connectivity index (χ0v) is 27.7. The first-order chi connectivity index (χ1) is 22.9. The van der Waals surface area contributed by atoms with Gasteiger partial charge in [0, 0.05) is 69.1 Å². The van der Waals surface area contributed by atoms with Gasteiger partial charge in [-0.25, -0.2) is 4.79 Å². The van der Waals surface area contributed by atoms with Crippen molar-refractivity contribution in [1.82, 2.24) is 19.8 Å². The van der Waals surface area contributed by atoms with Crippen LogP contribution in [0.4, 0.5) is 16.3 Å². The van der Waals surface area contributed by atoms with Crippen LogP contribution < -0.4 is 19.3 Å². The summed E-state index contributed by atoms with van der Waals surface area (Å²) in [4.78, 5) is 31.3. The number of aromatic nitrogens is 2. The van der Waals surface area contributed by atoms with Gasteiger partial charge >= 0.3 is 12.1 Å². The summed E-state index contributed by atoms with van der Waals surface area (Å²) in [7, 11) is 5.67. The van der Waals surface area contributed by atoms with Crippen molar-refractivity contribution in [3.05, 3.63) is 83.6 Å². The summed E-state index contributed by atoms with van der Waals surface area (Å²) in [6.45, 7) is 7.00. The number of piperazine rings is 1. The Morgan fingerprint density at radius 3 is 2.47 bits per heavy atom. The highest BCUT2D eigenvalue weighted by molar-refractivity contribution is 5.95. The van der Waals surface area contributed by atoms with E-state index in [4.69, 9.17) is 28.9 Å². The molecule has 11 nitrogen and oxygen atoms in total. The number of anilines is 2. The number of methoxy groups -OCH3 is 1. The van der Waals surface area contributed by atoms with Crippen molar-refractivity contribution in [3.63, 3.8) is 0 Å². The number of rotatable bonds is 11. The van der Waals surface area contributed by atoms with E-state index in [-0.39, 0.29) is 25.6 Å². The van der Waals surface area contributed by atoms with Gasteiger partial charge < -0.3 is 38.5 Å². The van der Waals surface area contributed by atoms with Gasteiger partial charge in [-0.3, -0.25) is 0 Å². The van der Waals surface area contributed by atoms with Crippen molar-refractivity contribution in [2.45, 2.75) is 32.6 Å². The first kappa shape index (κ1) is 32.3. The van der Waals surface area contributed by atoms with Gasteiger partial charge in [0.2, 0.25) is 0 Å². The molecule has 0 radical (unpaired) electrons. The lowest BCUT2D eigenvalue weighted by Crippen LogP contribution is -2.49. The molecule has 47 heavy (non-hydrogen) atoms. The third-order valence-electron chi connectivity index (χ3n) is 8.49. The number of hydrogen-bond donors (Lipinski definition) is 0. The summed E-state index contributed by atoms with van der Waals surface area (Å²) < 4.78 is 23.0. The van der Waals surface area contributed by atoms with Crippen LogP contribution in [0, 0.1) is 0 Å². The number of fused-ring (bicyclic) bond motifs is 2. The minimum absolute atomic E-state index is 0.0922. The largest absolute Gasteiger partial charge is 0.467 e. The number of carbonyl (C=O) groups is 1. The quantitative estimate of drug-likeness (QED) is 0.210. The van der Waals surface area contributed by atoms with Gasteiger partial charge in [-0.2, -0.15) is 9.97 Å². The van der Waals surface area contributed by atoms with E-state index in [1.165, 1.54) is 0 Å². The monoisotopic (exact) mass is 640 g/mol. The lowest BCUT2D eigenvalue weighted by molar-refractivity contribution is 0.0512. The molecule has 0 aliphatic carbocycles. The summed E-state index contributed by atoms with van der Waals surface area (Å²) in [5.74, 6) is 1.65. The smallest absolute Gasteiger partial charge is 0.410 e. The summed E-state index contributed by atoms with van der Waals surface area (Å²) in [5.41, 5.74) is 4.14. The van der Waals surface area contributed by atoms with E-state index in [0.29, 0.717) is 38.7 Å². The zero-order valence-electron chi connectivity index (χ0n) is 27.7. The van der Waals surface area contributed by atoms with Gasteiger partial charge in [0.15, 0.2) is 6.79 Å². The first-order valence-corrected chi connectivity index (χ1v) is 16.2. The molecule has 4 aromatic rings. The molecule has 0 spiro atoms. The van der Waals surface area contributed by atoms with Crippen molar-refractivity contribution in [1.29, 1.82) is 0 Å². The van der Waals surface area contributed by atoms with Gasteiger partial charge in [-0.1, -0.05) is 54.6 Å². The second-order valence-electron chi connectivity index (χ2n) is 12.3. The highest BCUT2D eigenvalue weighted by atomic mass is 16.7. The molecule has 0 bridgehead atoms. The summed E-state index contributed by atoms with van der Waals surface area (Å²) >= 11 is 0. The molecular formula is C36H44N6O5. The second kappa shape index (κ2) is 14.9. The normalized spacial score (nSPS) is 15.5. The van der Waals surface area contributed by atoms with E-state index in [9.17, 15) is 4.79 Å². The molecule has 1 fully saturated rings. The molecule has 1 amide bonds. The molecule has 1 aromatic heterocycles. The Hall–Kier alpha value is -4.61. The number of ether oxygens (including phenoxy) is 4. The molecule has 11 heteroatoms. The molecular weight excluding hydrogens is 596 g/mol. The topological polar surface area (TPSA) is 92.7 Å². The minimum atomic E-state index is -0.292. The molecule has 1 saturated heterocycles. The predicted molar refractivity (Wildman–Crippen MR) is 182 cm³/mol. The fourth-order valence-corrected chi connectivity index (χ4v) is 6.29. The van der Waals surface area contributed by atoms with Crippen LogP contribution >= 0.6 is 0 Å². The molecule has 2 aliphatic heterocycles. The van der Waals surface area contributed by atoms with Gasteiger partial charge in [0.1, 0.15) is 24.3 Å². The van der Waals surface area contributed by atoms with Crippen LogP contribution in [0.5, 0.6) is 11.8 Å². The van der Waals surface area contributed by atoms with Crippen LogP contribution in [0.15, 0.2) is 66.7 Å². The van der Waals surface area contributed by atoms with Crippen LogP contribution in [-0.4, -0.2) is 99.2 Å². The molecule has 248 valence electrons. The standard InChI is InChI=1S/C36H44N6O5/c1-26(22-39(2)3)47-35-37-32-23-42(33-21-29(46-25-44-4)20-28-12-8-9-13-30(28)33)15-14-31(32)34(38-35)40-16-18-41(19-17-40)36(43)45-24-27-10-6-5-7-11-27/h5-13,20-21,26H,14-19,22-25H2,1-4H3/t26-/m1/s1. The summed E-state index contributed by atoms with van der Waals surface area (Å²) in [6, 6.07) is 22.6. The predicted octanol–water partition coefficient (Wildman–Crippen LogP) is 4.96. The van der Waals surface area contributed by atoms with Gasteiger partial charge in [-0.05, 0) is 44.5 Å². The van der Waals surface area contributed by atoms with Crippen LogP contribution in [0.2, 0.25) is 0 Å². The Morgan fingerprint density at radius 2 is 1.70 bits per heavy atom. The fraction of sp³-hybridized carbons (Fsp3) is 0.417. The molecule has 0 N–H and O–H groups in total. The van der Waals surface area contributed by atoms with Crippen molar-refractivity contribution >= 4 is 28.4 Å². The Balaban J connectivity index is 1.24. The maximum absolute atomic E-state index is 12.9. The van der Waals surface area contributed by atoms with Crippen molar-refractivity contribution in [2.75, 3.05) is 77.1 Å². The van der Waals surface area contributed by atoms with E-state index in [2.05, 4.69) is 39.0 Å². The number of carbonyl (C=O) groups excluding carboxylic acids is 1. The molecule has 1 atom stereocenters. The van der Waals surface area contributed by atoms with E-state index in [1.54, 1.807) is 12.0 Å². The zero-order chi connectivity index (χ0) is 32.8. The van der Waals surface area contributed by atoms with E-state index < -0.39 is 0 Å². The Labute approximate surface area is 276 Å². The van der Waals surface area contributed by atoms with Gasteiger partial charge in [-0.15, -0.1) is 0 Å². The minimum Gasteiger partial charge on any atom is -0.467 e. The van der Waals surface area contributed by atoms with Crippen LogP contribution in [0.25, 0.3) is 10.8 Å². The third kappa shape index (κ3) is 7.86. The van der Waals surface area contributed by atoms with Gasteiger partial charge in [0.25, 0.3) is 0 Å².